The molecule has 0 N–H and O–H groups in total. The Morgan fingerprint density at radius 2 is 1.22 bits per heavy atom. The predicted molar refractivity (Wildman–Crippen MR) is 94.4 cm³/mol. The molecule has 0 spiro atoms. The number of hydrogen-bond acceptors (Lipinski definition) is 2. The van der Waals surface area contributed by atoms with Crippen LogP contribution in [-0.4, -0.2) is 53.1 Å². The van der Waals surface area contributed by atoms with Gasteiger partial charge in [0.25, 0.3) is 11.8 Å². The number of benzene rings is 1. The van der Waals surface area contributed by atoms with Crippen molar-refractivity contribution in [2.24, 2.45) is 0 Å². The van der Waals surface area contributed by atoms with Crippen molar-refractivity contribution < 1.29 is 57.9 Å². The third-order valence-corrected chi connectivity index (χ3v) is 5.20. The number of amides is 2. The number of allylic oxidation sites excluding steroid dienone is 1. The zero-order chi connectivity index (χ0) is 24.9. The molecule has 1 aromatic carbocycles. The van der Waals surface area contributed by atoms with Crippen molar-refractivity contribution in [3.63, 3.8) is 0 Å². The van der Waals surface area contributed by atoms with E-state index in [1.54, 1.807) is 0 Å². The lowest BCUT2D eigenvalue weighted by Crippen LogP contribution is -2.66. The number of fused-ring (bicyclic) bond motifs is 1. The van der Waals surface area contributed by atoms with Crippen LogP contribution in [0.3, 0.4) is 0 Å². The van der Waals surface area contributed by atoms with Crippen LogP contribution in [0.5, 0.6) is 0 Å². The van der Waals surface area contributed by atoms with Gasteiger partial charge in [0.1, 0.15) is 0 Å². The van der Waals surface area contributed by atoms with E-state index in [2.05, 4.69) is 0 Å². The maximum Gasteiger partial charge on any atom is 0.460 e. The fraction of sp³-hybridized carbons (Fsp3) is 0.412. The van der Waals surface area contributed by atoms with Crippen LogP contribution in [0.1, 0.15) is 27.1 Å². The largest absolute Gasteiger partial charge is 0.460 e. The Kier molecular flexibility index (Phi) is 6.68. The van der Waals surface area contributed by atoms with Crippen molar-refractivity contribution in [3.8, 4) is 0 Å². The van der Waals surface area contributed by atoms with Crippen molar-refractivity contribution in [2.45, 2.75) is 36.3 Å². The second kappa shape index (κ2) is 8.13. The van der Waals surface area contributed by atoms with Crippen LogP contribution in [-0.2, 0) is 0 Å². The average molecular weight is 595 g/mol. The van der Waals surface area contributed by atoms with E-state index in [4.69, 9.17) is 0 Å². The summed E-state index contributed by atoms with van der Waals surface area (Å²) >= 11 is 0.916. The number of carbonyl (C=O) groups is 2. The highest BCUT2D eigenvalue weighted by Gasteiger charge is 2.86. The van der Waals surface area contributed by atoms with Gasteiger partial charge in [-0.15, -0.1) is 0 Å². The maximum atomic E-state index is 13.8. The van der Waals surface area contributed by atoms with Gasteiger partial charge in [-0.2, -0.15) is 48.3 Å². The number of rotatable bonds is 7. The summed E-state index contributed by atoms with van der Waals surface area (Å²) in [7, 11) is 0. The molecule has 1 aliphatic rings. The van der Waals surface area contributed by atoms with Crippen LogP contribution < -0.4 is 0 Å². The fourth-order valence-electron chi connectivity index (χ4n) is 2.60. The summed E-state index contributed by atoms with van der Waals surface area (Å²) in [5.74, 6) is -30.0. The summed E-state index contributed by atoms with van der Waals surface area (Å²) in [6, 6.07) is 5.37. The van der Waals surface area contributed by atoms with Crippen molar-refractivity contribution in [1.82, 2.24) is 4.90 Å². The summed E-state index contributed by atoms with van der Waals surface area (Å²) in [4.78, 5) is 24.8. The zero-order valence-electron chi connectivity index (χ0n) is 15.1. The first-order valence-electron chi connectivity index (χ1n) is 8.20. The van der Waals surface area contributed by atoms with E-state index in [0.29, 0.717) is 4.90 Å². The smallest absolute Gasteiger partial charge is 0.274 e. The van der Waals surface area contributed by atoms with Crippen LogP contribution in [0.2, 0.25) is 0 Å². The summed E-state index contributed by atoms with van der Waals surface area (Å²) in [6.45, 7) is -0.683. The van der Waals surface area contributed by atoms with Crippen molar-refractivity contribution in [3.05, 3.63) is 45.0 Å². The number of halogens is 12. The average Bonchev–Trinajstić information content (AvgIpc) is 2.89. The Morgan fingerprint density at radius 3 is 1.62 bits per heavy atom. The van der Waals surface area contributed by atoms with Gasteiger partial charge < -0.3 is 0 Å². The Labute approximate surface area is 185 Å². The van der Waals surface area contributed by atoms with Crippen LogP contribution >= 0.6 is 22.6 Å². The number of carbonyl (C=O) groups excluding carboxylic acids is 2. The fourth-order valence-corrected chi connectivity index (χ4v) is 3.24. The SMILES string of the molecule is O=C1c2ccccc2C(=O)N1CCC(I)=CC(F)(F)C(F)(F)C(F)(F)C(F)(F)C(F)(F)F. The first-order chi connectivity index (χ1) is 14.3. The molecule has 0 unspecified atom stereocenters. The Balaban J connectivity index is 2.23. The molecule has 1 heterocycles. The van der Waals surface area contributed by atoms with Gasteiger partial charge in [0, 0.05) is 12.6 Å². The Morgan fingerprint density at radius 1 is 0.781 bits per heavy atom. The first-order valence-corrected chi connectivity index (χ1v) is 9.28. The van der Waals surface area contributed by atoms with Crippen LogP contribution in [0.15, 0.2) is 33.9 Å². The van der Waals surface area contributed by atoms with E-state index in [0.717, 1.165) is 22.6 Å². The number of imide groups is 1. The summed E-state index contributed by atoms with van der Waals surface area (Å²) in [6.07, 6.45) is -8.94. The van der Waals surface area contributed by atoms with E-state index >= 15 is 0 Å². The van der Waals surface area contributed by atoms with Crippen molar-refractivity contribution >= 4 is 34.4 Å². The molecule has 0 atom stereocenters. The Bertz CT molecular complexity index is 921. The monoisotopic (exact) mass is 595 g/mol. The van der Waals surface area contributed by atoms with E-state index in [-0.39, 0.29) is 11.1 Å². The molecular weight excluding hydrogens is 586 g/mol. The zero-order valence-corrected chi connectivity index (χ0v) is 17.3. The van der Waals surface area contributed by atoms with Gasteiger partial charge in [-0.05, 0) is 44.7 Å². The topological polar surface area (TPSA) is 37.4 Å². The predicted octanol–water partition coefficient (Wildman–Crippen LogP) is 6.10. The normalized spacial score (nSPS) is 16.6. The van der Waals surface area contributed by atoms with E-state index in [9.17, 15) is 57.9 Å². The minimum absolute atomic E-state index is 0.0395. The molecule has 15 heteroatoms. The molecule has 0 aliphatic carbocycles. The molecule has 0 radical (unpaired) electrons. The summed E-state index contributed by atoms with van der Waals surface area (Å²) < 4.78 is 142. The van der Waals surface area contributed by atoms with Gasteiger partial charge in [-0.1, -0.05) is 12.1 Å². The molecule has 1 aromatic rings. The lowest BCUT2D eigenvalue weighted by molar-refractivity contribution is -0.416. The molecule has 2 rings (SSSR count). The van der Waals surface area contributed by atoms with Crippen LogP contribution in [0, 0.1) is 0 Å². The van der Waals surface area contributed by atoms with Gasteiger partial charge in [0.15, 0.2) is 0 Å². The number of alkyl halides is 11. The molecule has 0 bridgehead atoms. The van der Waals surface area contributed by atoms with E-state index in [1.165, 1.54) is 24.3 Å². The van der Waals surface area contributed by atoms with E-state index in [1.807, 2.05) is 0 Å². The van der Waals surface area contributed by atoms with Crippen molar-refractivity contribution in [1.29, 1.82) is 0 Å². The second-order valence-electron chi connectivity index (χ2n) is 6.49. The molecule has 32 heavy (non-hydrogen) atoms. The molecule has 3 nitrogen and oxygen atoms in total. The highest BCUT2D eigenvalue weighted by atomic mass is 127. The molecule has 1 aliphatic heterocycles. The standard InChI is InChI=1S/C17H9F11INO2/c18-13(19,14(20,21)15(22,23)16(24,25)17(26,27)28)7-8(29)5-6-30-11(31)9-3-1-2-4-10(9)12(30)32/h1-4,7H,5-6H2. The quantitative estimate of drug-likeness (QED) is 0.217. The second-order valence-corrected chi connectivity index (χ2v) is 7.88. The Hall–Kier alpha value is -1.94. The van der Waals surface area contributed by atoms with Gasteiger partial charge in [0.2, 0.25) is 0 Å². The molecule has 0 saturated heterocycles. The lowest BCUT2D eigenvalue weighted by atomic mass is 9.97. The van der Waals surface area contributed by atoms with Gasteiger partial charge >= 0.3 is 29.9 Å². The minimum Gasteiger partial charge on any atom is -0.274 e. The number of hydrogen-bond donors (Lipinski definition) is 0. The molecular formula is C17H9F11INO2. The van der Waals surface area contributed by atoms with Crippen LogP contribution in [0.4, 0.5) is 48.3 Å². The molecule has 178 valence electrons. The van der Waals surface area contributed by atoms with Crippen LogP contribution in [0.25, 0.3) is 0 Å². The van der Waals surface area contributed by atoms with E-state index < -0.39 is 64.3 Å². The molecule has 0 fully saturated rings. The highest BCUT2D eigenvalue weighted by Crippen LogP contribution is 2.57. The lowest BCUT2D eigenvalue weighted by Gasteiger charge is -2.36. The summed E-state index contributed by atoms with van der Waals surface area (Å²) in [5, 5.41) is 0. The first kappa shape index (κ1) is 26.3. The van der Waals surface area contributed by atoms with Crippen molar-refractivity contribution in [2.75, 3.05) is 6.54 Å². The minimum atomic E-state index is -7.50. The highest BCUT2D eigenvalue weighted by molar-refractivity contribution is 14.1. The third kappa shape index (κ3) is 4.07. The summed E-state index contributed by atoms with van der Waals surface area (Å²) in [5.41, 5.74) is -0.0789. The van der Waals surface area contributed by atoms with Gasteiger partial charge in [-0.25, -0.2) is 0 Å². The van der Waals surface area contributed by atoms with Gasteiger partial charge in [-0.3, -0.25) is 14.5 Å². The van der Waals surface area contributed by atoms with Gasteiger partial charge in [0.05, 0.1) is 11.1 Å². The molecule has 0 aromatic heterocycles. The molecule has 2 amide bonds. The maximum absolute atomic E-state index is 13.8. The molecule has 0 saturated carbocycles. The number of nitrogens with zero attached hydrogens (tertiary/aromatic N) is 1. The third-order valence-electron chi connectivity index (χ3n) is 4.35.